The van der Waals surface area contributed by atoms with E-state index in [1.807, 2.05) is 42.5 Å². The average Bonchev–Trinajstić information content (AvgIpc) is 3.34. The number of ketones is 1. The van der Waals surface area contributed by atoms with E-state index >= 15 is 0 Å². The zero-order valence-electron chi connectivity index (χ0n) is 15.8. The molecule has 0 unspecified atom stereocenters. The largest absolute Gasteiger partial charge is 0.306 e. The number of Topliss-reactive ketones (excluding diaryl/α,β-unsaturated/α-hetero) is 1. The number of hydrogen-bond donors (Lipinski definition) is 1. The molecule has 146 valence electrons. The van der Waals surface area contributed by atoms with Crippen LogP contribution in [0.25, 0.3) is 0 Å². The zero-order valence-corrected chi connectivity index (χ0v) is 16.7. The van der Waals surface area contributed by atoms with Crippen LogP contribution in [0, 0.1) is 0 Å². The van der Waals surface area contributed by atoms with Gasteiger partial charge in [-0.25, -0.2) is 4.98 Å². The molecule has 6 nitrogen and oxygen atoms in total. The maximum Gasteiger partial charge on any atom is 0.277 e. The number of benzene rings is 2. The summed E-state index contributed by atoms with van der Waals surface area (Å²) in [4.78, 5) is 42.6. The van der Waals surface area contributed by atoms with Gasteiger partial charge in [-0.1, -0.05) is 30.3 Å². The van der Waals surface area contributed by atoms with Gasteiger partial charge in [-0.2, -0.15) is 0 Å². The van der Waals surface area contributed by atoms with Crippen LogP contribution in [0.15, 0.2) is 53.9 Å². The summed E-state index contributed by atoms with van der Waals surface area (Å²) in [5.74, 6) is -0.375. The highest BCUT2D eigenvalue weighted by Gasteiger charge is 2.27. The maximum atomic E-state index is 12.9. The van der Waals surface area contributed by atoms with Crippen LogP contribution in [-0.4, -0.2) is 29.1 Å². The van der Waals surface area contributed by atoms with Crippen LogP contribution in [0.5, 0.6) is 0 Å². The summed E-state index contributed by atoms with van der Waals surface area (Å²) in [7, 11) is 0. The van der Waals surface area contributed by atoms with Gasteiger partial charge in [0.1, 0.15) is 5.69 Å². The van der Waals surface area contributed by atoms with Crippen LogP contribution >= 0.6 is 11.3 Å². The first kappa shape index (κ1) is 19.0. The number of carbonyl (C=O) groups is 3. The lowest BCUT2D eigenvalue weighted by atomic mass is 10.1. The topological polar surface area (TPSA) is 79.4 Å². The minimum absolute atomic E-state index is 0.00737. The molecule has 4 rings (SSSR count). The Morgan fingerprint density at radius 2 is 1.93 bits per heavy atom. The number of amides is 2. The molecule has 1 aliphatic rings. The Morgan fingerprint density at radius 1 is 1.14 bits per heavy atom. The number of thiazole rings is 1. The number of aromatic nitrogens is 1. The van der Waals surface area contributed by atoms with Crippen molar-refractivity contribution in [2.75, 3.05) is 16.8 Å². The van der Waals surface area contributed by atoms with Gasteiger partial charge in [0, 0.05) is 23.2 Å². The van der Waals surface area contributed by atoms with Crippen LogP contribution in [0.2, 0.25) is 0 Å². The molecule has 2 heterocycles. The van der Waals surface area contributed by atoms with E-state index in [2.05, 4.69) is 10.3 Å². The summed E-state index contributed by atoms with van der Waals surface area (Å²) in [6.07, 6.45) is 0.953. The fraction of sp³-hybridized carbons (Fsp3) is 0.182. The minimum Gasteiger partial charge on any atom is -0.306 e. The van der Waals surface area contributed by atoms with Gasteiger partial charge in [0.05, 0.1) is 6.42 Å². The van der Waals surface area contributed by atoms with Gasteiger partial charge >= 0.3 is 0 Å². The van der Waals surface area contributed by atoms with Gasteiger partial charge in [0.2, 0.25) is 5.91 Å². The molecule has 3 aromatic rings. The molecule has 0 spiro atoms. The van der Waals surface area contributed by atoms with Crippen LogP contribution in [-0.2, 0) is 17.6 Å². The molecule has 0 saturated heterocycles. The summed E-state index contributed by atoms with van der Waals surface area (Å²) in [5, 5.41) is 4.81. The highest BCUT2D eigenvalue weighted by molar-refractivity contribution is 7.14. The van der Waals surface area contributed by atoms with Gasteiger partial charge in [0.15, 0.2) is 10.9 Å². The molecule has 0 bridgehead atoms. The third-order valence-electron chi connectivity index (χ3n) is 4.80. The molecule has 1 aliphatic heterocycles. The van der Waals surface area contributed by atoms with E-state index in [4.69, 9.17) is 0 Å². The predicted octanol–water partition coefficient (Wildman–Crippen LogP) is 3.73. The second kappa shape index (κ2) is 7.97. The number of rotatable bonds is 5. The SMILES string of the molecule is CC(=O)c1ccc2c(c1)CCN2C(=O)c1csc(NC(=O)Cc2ccccc2)n1. The van der Waals surface area contributed by atoms with Crippen LogP contribution in [0.1, 0.15) is 38.9 Å². The van der Waals surface area contributed by atoms with Gasteiger partial charge in [0.25, 0.3) is 5.91 Å². The maximum absolute atomic E-state index is 12.9. The third kappa shape index (κ3) is 4.09. The number of nitrogens with one attached hydrogen (secondary N) is 1. The Labute approximate surface area is 172 Å². The zero-order chi connectivity index (χ0) is 20.4. The number of hydrogen-bond acceptors (Lipinski definition) is 5. The minimum atomic E-state index is -0.209. The van der Waals surface area contributed by atoms with Crippen molar-refractivity contribution in [1.29, 1.82) is 0 Å². The normalized spacial score (nSPS) is 12.5. The highest BCUT2D eigenvalue weighted by Crippen LogP contribution is 2.31. The van der Waals surface area contributed by atoms with Crippen molar-refractivity contribution in [2.45, 2.75) is 19.8 Å². The molecule has 0 aliphatic carbocycles. The Hall–Kier alpha value is -3.32. The molecule has 1 N–H and O–H groups in total. The lowest BCUT2D eigenvalue weighted by Gasteiger charge is -2.16. The molecule has 29 heavy (non-hydrogen) atoms. The number of fused-ring (bicyclic) bond motifs is 1. The fourth-order valence-electron chi connectivity index (χ4n) is 3.34. The van der Waals surface area contributed by atoms with E-state index in [9.17, 15) is 14.4 Å². The summed E-state index contributed by atoms with van der Waals surface area (Å²) in [5.41, 5.74) is 3.65. The van der Waals surface area contributed by atoms with Crippen LogP contribution < -0.4 is 10.2 Å². The third-order valence-corrected chi connectivity index (χ3v) is 5.56. The molecule has 0 saturated carbocycles. The van der Waals surface area contributed by atoms with Crippen molar-refractivity contribution in [3.05, 3.63) is 76.3 Å². The van der Waals surface area contributed by atoms with Gasteiger partial charge in [-0.05, 0) is 42.7 Å². The molecular formula is C22H19N3O3S. The second-order valence-electron chi connectivity index (χ2n) is 6.85. The van der Waals surface area contributed by atoms with E-state index in [1.54, 1.807) is 16.3 Å². The number of carbonyl (C=O) groups excluding carboxylic acids is 3. The summed E-state index contributed by atoms with van der Waals surface area (Å²) in [6.45, 7) is 2.07. The Morgan fingerprint density at radius 3 is 2.69 bits per heavy atom. The van der Waals surface area contributed by atoms with E-state index < -0.39 is 0 Å². The Bertz CT molecular complexity index is 1090. The van der Waals surface area contributed by atoms with Crippen molar-refractivity contribution >= 4 is 39.8 Å². The molecule has 0 fully saturated rings. The molecule has 2 amide bonds. The molecular weight excluding hydrogens is 386 g/mol. The Kier molecular flexibility index (Phi) is 5.22. The quantitative estimate of drug-likeness (QED) is 0.656. The van der Waals surface area contributed by atoms with Crippen LogP contribution in [0.4, 0.5) is 10.8 Å². The average molecular weight is 405 g/mol. The summed E-state index contributed by atoms with van der Waals surface area (Å²) >= 11 is 1.23. The van der Waals surface area contributed by atoms with Crippen molar-refractivity contribution in [3.8, 4) is 0 Å². The van der Waals surface area contributed by atoms with Crippen molar-refractivity contribution in [2.24, 2.45) is 0 Å². The highest BCUT2D eigenvalue weighted by atomic mass is 32.1. The molecule has 2 aromatic carbocycles. The molecule has 1 aromatic heterocycles. The predicted molar refractivity (Wildman–Crippen MR) is 113 cm³/mol. The smallest absolute Gasteiger partial charge is 0.277 e. The molecule has 7 heteroatoms. The van der Waals surface area contributed by atoms with Crippen molar-refractivity contribution in [1.82, 2.24) is 4.98 Å². The van der Waals surface area contributed by atoms with E-state index in [0.717, 1.165) is 16.8 Å². The summed E-state index contributed by atoms with van der Waals surface area (Å²) in [6, 6.07) is 14.8. The first-order valence-corrected chi connectivity index (χ1v) is 10.1. The monoisotopic (exact) mass is 405 g/mol. The summed E-state index contributed by atoms with van der Waals surface area (Å²) < 4.78 is 0. The molecule has 0 atom stereocenters. The first-order valence-electron chi connectivity index (χ1n) is 9.26. The lowest BCUT2D eigenvalue weighted by Crippen LogP contribution is -2.29. The van der Waals surface area contributed by atoms with Crippen molar-refractivity contribution in [3.63, 3.8) is 0 Å². The van der Waals surface area contributed by atoms with Crippen LogP contribution in [0.3, 0.4) is 0 Å². The molecule has 0 radical (unpaired) electrons. The van der Waals surface area contributed by atoms with Gasteiger partial charge < -0.3 is 10.2 Å². The van der Waals surface area contributed by atoms with E-state index in [1.165, 1.54) is 18.3 Å². The van der Waals surface area contributed by atoms with Crippen molar-refractivity contribution < 1.29 is 14.4 Å². The van der Waals surface area contributed by atoms with Gasteiger partial charge in [-0.3, -0.25) is 14.4 Å². The standard InChI is InChI=1S/C22H19N3O3S/c1-14(26)16-7-8-19-17(12-16)9-10-25(19)21(28)18-13-29-22(23-18)24-20(27)11-15-5-3-2-4-6-15/h2-8,12-13H,9-11H2,1H3,(H,23,24,27). The number of anilines is 2. The first-order chi connectivity index (χ1) is 14.0. The Balaban J connectivity index is 1.44. The van der Waals surface area contributed by atoms with Gasteiger partial charge in [-0.15, -0.1) is 11.3 Å². The lowest BCUT2D eigenvalue weighted by molar-refractivity contribution is -0.115. The van der Waals surface area contributed by atoms with E-state index in [-0.39, 0.29) is 24.0 Å². The van der Waals surface area contributed by atoms with E-state index in [0.29, 0.717) is 29.4 Å². The number of nitrogens with zero attached hydrogens (tertiary/aromatic N) is 2. The fourth-order valence-corrected chi connectivity index (χ4v) is 4.04. The second-order valence-corrected chi connectivity index (χ2v) is 7.71.